The van der Waals surface area contributed by atoms with E-state index in [4.69, 9.17) is 15.3 Å². The van der Waals surface area contributed by atoms with Crippen molar-refractivity contribution in [2.75, 3.05) is 18.7 Å². The summed E-state index contributed by atoms with van der Waals surface area (Å²) in [7, 11) is 1.60. The van der Waals surface area contributed by atoms with Crippen molar-refractivity contribution in [2.45, 2.75) is 17.8 Å². The largest absolute Gasteiger partial charge is 0.497 e. The van der Waals surface area contributed by atoms with E-state index in [1.165, 1.54) is 16.4 Å². The van der Waals surface area contributed by atoms with Gasteiger partial charge in [0.15, 0.2) is 5.82 Å². The van der Waals surface area contributed by atoms with E-state index < -0.39 is 0 Å². The van der Waals surface area contributed by atoms with E-state index in [0.717, 1.165) is 10.4 Å². The highest BCUT2D eigenvalue weighted by atomic mass is 32.2. The number of nitrogens with zero attached hydrogens (tertiary/aromatic N) is 3. The zero-order valence-corrected chi connectivity index (χ0v) is 19.5. The van der Waals surface area contributed by atoms with E-state index in [9.17, 15) is 4.79 Å². The number of carbonyl (C=O) groups is 1. The molecule has 0 bridgehead atoms. The highest BCUT2D eigenvalue weighted by Crippen LogP contribution is 2.26. The number of methoxy groups -OCH3 is 1. The Morgan fingerprint density at radius 3 is 2.70 bits per heavy atom. The van der Waals surface area contributed by atoms with Crippen LogP contribution in [-0.4, -0.2) is 33.6 Å². The first kappa shape index (κ1) is 22.7. The van der Waals surface area contributed by atoms with Crippen LogP contribution >= 0.6 is 23.1 Å². The van der Waals surface area contributed by atoms with Gasteiger partial charge in [0.1, 0.15) is 18.1 Å². The number of thioether (sulfide) groups is 1. The fraction of sp³-hybridized carbons (Fsp3) is 0.174. The summed E-state index contributed by atoms with van der Waals surface area (Å²) < 4.78 is 12.3. The lowest BCUT2D eigenvalue weighted by atomic mass is 10.1. The first-order chi connectivity index (χ1) is 16.1. The fourth-order valence-corrected chi connectivity index (χ4v) is 4.58. The van der Waals surface area contributed by atoms with Crippen molar-refractivity contribution in [1.82, 2.24) is 20.2 Å². The van der Waals surface area contributed by atoms with Gasteiger partial charge in [-0.05, 0) is 29.1 Å². The minimum atomic E-state index is -0.207. The number of hydrogen-bond donors (Lipinski definition) is 2. The first-order valence-corrected chi connectivity index (χ1v) is 12.0. The number of thiophene rings is 1. The van der Waals surface area contributed by atoms with Crippen molar-refractivity contribution < 1.29 is 14.3 Å². The third-order valence-corrected chi connectivity index (χ3v) is 6.62. The molecule has 0 saturated heterocycles. The van der Waals surface area contributed by atoms with E-state index in [0.29, 0.717) is 22.5 Å². The quantitative estimate of drug-likeness (QED) is 0.263. The zero-order chi connectivity index (χ0) is 23.0. The molecule has 0 spiro atoms. The molecule has 2 aromatic carbocycles. The summed E-state index contributed by atoms with van der Waals surface area (Å²) in [5, 5.41) is 13.7. The maximum atomic E-state index is 12.7. The Labute approximate surface area is 199 Å². The molecule has 8 nitrogen and oxygen atoms in total. The van der Waals surface area contributed by atoms with Gasteiger partial charge in [0.05, 0.1) is 18.9 Å². The van der Waals surface area contributed by atoms with Crippen LogP contribution in [0.2, 0.25) is 0 Å². The van der Waals surface area contributed by atoms with Crippen LogP contribution in [0.3, 0.4) is 0 Å². The maximum Gasteiger partial charge on any atom is 0.231 e. The fourth-order valence-electron chi connectivity index (χ4n) is 3.10. The van der Waals surface area contributed by atoms with E-state index >= 15 is 0 Å². The Morgan fingerprint density at radius 1 is 1.12 bits per heavy atom. The van der Waals surface area contributed by atoms with Crippen LogP contribution in [-0.2, 0) is 11.4 Å². The summed E-state index contributed by atoms with van der Waals surface area (Å²) in [6.45, 7) is 0.137. The molecule has 0 radical (unpaired) electrons. The van der Waals surface area contributed by atoms with E-state index in [1.807, 2.05) is 66.0 Å². The molecular formula is C23H23N5O3S2. The Balaban J connectivity index is 1.35. The minimum Gasteiger partial charge on any atom is -0.497 e. The molecule has 2 heterocycles. The Hall–Kier alpha value is -3.50. The second-order valence-corrected chi connectivity index (χ2v) is 8.87. The molecule has 3 N–H and O–H groups in total. The predicted molar refractivity (Wildman–Crippen MR) is 129 cm³/mol. The number of nitrogens with one attached hydrogen (secondary N) is 1. The molecule has 4 rings (SSSR count). The van der Waals surface area contributed by atoms with Gasteiger partial charge in [-0.1, -0.05) is 54.2 Å². The molecule has 2 aromatic heterocycles. The average molecular weight is 482 g/mol. The van der Waals surface area contributed by atoms with Gasteiger partial charge in [-0.25, -0.2) is 4.68 Å². The van der Waals surface area contributed by atoms with E-state index in [-0.39, 0.29) is 24.3 Å². The van der Waals surface area contributed by atoms with Gasteiger partial charge in [0.2, 0.25) is 11.1 Å². The number of aromatic nitrogens is 3. The number of hydrogen-bond acceptors (Lipinski definition) is 8. The number of nitrogens with two attached hydrogens (primary N) is 1. The molecule has 1 amide bonds. The van der Waals surface area contributed by atoms with Crippen molar-refractivity contribution in [3.63, 3.8) is 0 Å². The van der Waals surface area contributed by atoms with Gasteiger partial charge in [-0.15, -0.1) is 21.5 Å². The Kier molecular flexibility index (Phi) is 7.48. The van der Waals surface area contributed by atoms with Crippen molar-refractivity contribution in [2.24, 2.45) is 0 Å². The van der Waals surface area contributed by atoms with Crippen molar-refractivity contribution in [1.29, 1.82) is 0 Å². The van der Waals surface area contributed by atoms with Gasteiger partial charge < -0.3 is 20.6 Å². The number of amides is 1. The zero-order valence-electron chi connectivity index (χ0n) is 17.9. The maximum absolute atomic E-state index is 12.7. The Morgan fingerprint density at radius 2 is 1.94 bits per heavy atom. The summed E-state index contributed by atoms with van der Waals surface area (Å²) in [6, 6.07) is 20.9. The molecule has 0 fully saturated rings. The van der Waals surface area contributed by atoms with Gasteiger partial charge in [-0.3, -0.25) is 4.79 Å². The lowest BCUT2D eigenvalue weighted by molar-refractivity contribution is -0.119. The third kappa shape index (κ3) is 5.85. The molecule has 1 atom stereocenters. The van der Waals surface area contributed by atoms with Gasteiger partial charge in [0.25, 0.3) is 0 Å². The number of benzene rings is 2. The SMILES string of the molecule is COc1cccc(OCc2nnc(SCC(=O)NC(c3ccccc3)c3cccs3)n2N)c1. The van der Waals surface area contributed by atoms with Gasteiger partial charge >= 0.3 is 0 Å². The highest BCUT2D eigenvalue weighted by Gasteiger charge is 2.19. The van der Waals surface area contributed by atoms with Crippen LogP contribution in [0.1, 0.15) is 22.3 Å². The van der Waals surface area contributed by atoms with Crippen molar-refractivity contribution in [3.05, 3.63) is 88.4 Å². The van der Waals surface area contributed by atoms with Crippen LogP contribution in [0, 0.1) is 0 Å². The smallest absolute Gasteiger partial charge is 0.231 e. The molecule has 4 aromatic rings. The van der Waals surface area contributed by atoms with Gasteiger partial charge in [-0.2, -0.15) is 0 Å². The lowest BCUT2D eigenvalue weighted by Gasteiger charge is -2.18. The number of nitrogen functional groups attached to an aromatic ring is 1. The second-order valence-electron chi connectivity index (χ2n) is 6.95. The third-order valence-electron chi connectivity index (χ3n) is 4.74. The van der Waals surface area contributed by atoms with Crippen molar-refractivity contribution in [3.8, 4) is 11.5 Å². The number of rotatable bonds is 10. The van der Waals surface area contributed by atoms with Crippen molar-refractivity contribution >= 4 is 29.0 Å². The van der Waals surface area contributed by atoms with Crippen LogP contribution in [0.4, 0.5) is 0 Å². The highest BCUT2D eigenvalue weighted by molar-refractivity contribution is 7.99. The molecule has 1 unspecified atom stereocenters. The van der Waals surface area contributed by atoms with Crippen LogP contribution in [0.15, 0.2) is 77.3 Å². The lowest BCUT2D eigenvalue weighted by Crippen LogP contribution is -2.30. The molecule has 0 aliphatic carbocycles. The molecule has 170 valence electrons. The monoisotopic (exact) mass is 481 g/mol. The molecule has 10 heteroatoms. The van der Waals surface area contributed by atoms with Crippen LogP contribution < -0.4 is 20.6 Å². The summed E-state index contributed by atoms with van der Waals surface area (Å²) in [5.41, 5.74) is 1.03. The number of ether oxygens (including phenoxy) is 2. The van der Waals surface area contributed by atoms with Gasteiger partial charge in [0, 0.05) is 10.9 Å². The normalized spacial score (nSPS) is 11.7. The summed E-state index contributed by atoms with van der Waals surface area (Å²) >= 11 is 2.82. The second kappa shape index (κ2) is 10.9. The van der Waals surface area contributed by atoms with Crippen LogP contribution in [0.5, 0.6) is 11.5 Å². The van der Waals surface area contributed by atoms with E-state index in [1.54, 1.807) is 24.5 Å². The minimum absolute atomic E-state index is 0.126. The summed E-state index contributed by atoms with van der Waals surface area (Å²) in [6.07, 6.45) is 0. The topological polar surface area (TPSA) is 104 Å². The summed E-state index contributed by atoms with van der Waals surface area (Å²) in [5.74, 6) is 7.91. The first-order valence-electron chi connectivity index (χ1n) is 10.1. The molecule has 33 heavy (non-hydrogen) atoms. The molecule has 0 aliphatic rings. The molecule has 0 aliphatic heterocycles. The average Bonchev–Trinajstić information content (AvgIpc) is 3.51. The predicted octanol–water partition coefficient (Wildman–Crippen LogP) is 3.64. The van der Waals surface area contributed by atoms with E-state index in [2.05, 4.69) is 15.5 Å². The number of carbonyl (C=O) groups excluding carboxylic acids is 1. The molecule has 0 saturated carbocycles. The molecular weight excluding hydrogens is 458 g/mol. The standard InChI is InChI=1S/C23H23N5O3S2/c1-30-17-9-5-10-18(13-17)31-14-20-26-27-23(28(20)24)33-15-21(29)25-22(19-11-6-12-32-19)16-7-3-2-4-8-16/h2-13,22H,14-15,24H2,1H3,(H,25,29). The summed E-state index contributed by atoms with van der Waals surface area (Å²) in [4.78, 5) is 13.8. The Bertz CT molecular complexity index is 1180. The van der Waals surface area contributed by atoms with Crippen LogP contribution in [0.25, 0.3) is 0 Å².